The van der Waals surface area contributed by atoms with Crippen LogP contribution in [0.3, 0.4) is 0 Å². The fourth-order valence-corrected chi connectivity index (χ4v) is 2.55. The van der Waals surface area contributed by atoms with Crippen molar-refractivity contribution in [2.75, 3.05) is 33.4 Å². The first-order valence-electron chi connectivity index (χ1n) is 9.45. The highest BCUT2D eigenvalue weighted by Crippen LogP contribution is 2.15. The Hall–Kier alpha value is -2.60. The second kappa shape index (κ2) is 12.7. The summed E-state index contributed by atoms with van der Waals surface area (Å²) >= 11 is 0. The van der Waals surface area contributed by atoms with Gasteiger partial charge in [-0.1, -0.05) is 36.4 Å². The third kappa shape index (κ3) is 8.09. The van der Waals surface area contributed by atoms with Gasteiger partial charge in [0.15, 0.2) is 5.96 Å². The SMILES string of the molecule is CCNC(=NCc1cccnc1OCCOC)NCCCc1ccccc1. The number of nitrogens with zero attached hydrogens (tertiary/aromatic N) is 2. The van der Waals surface area contributed by atoms with Crippen molar-refractivity contribution in [2.45, 2.75) is 26.3 Å². The van der Waals surface area contributed by atoms with Crippen LogP contribution in [-0.2, 0) is 17.7 Å². The standard InChI is InChI=1S/C21H30N4O2/c1-3-22-21(24-14-7-11-18-9-5-4-6-10-18)25-17-19-12-8-13-23-20(19)27-16-15-26-2/h4-6,8-10,12-13H,3,7,11,14-17H2,1-2H3,(H2,22,24,25). The van der Waals surface area contributed by atoms with E-state index < -0.39 is 0 Å². The molecule has 0 bridgehead atoms. The van der Waals surface area contributed by atoms with Crippen LogP contribution in [0.1, 0.15) is 24.5 Å². The third-order valence-corrected chi connectivity index (χ3v) is 3.91. The highest BCUT2D eigenvalue weighted by atomic mass is 16.5. The molecule has 0 atom stereocenters. The van der Waals surface area contributed by atoms with Crippen molar-refractivity contribution in [3.05, 3.63) is 59.8 Å². The molecule has 0 saturated carbocycles. The molecule has 146 valence electrons. The number of hydrogen-bond donors (Lipinski definition) is 2. The van der Waals surface area contributed by atoms with E-state index in [2.05, 4.69) is 51.8 Å². The predicted octanol–water partition coefficient (Wildman–Crippen LogP) is 2.79. The fourth-order valence-electron chi connectivity index (χ4n) is 2.55. The number of aryl methyl sites for hydroxylation is 1. The minimum atomic E-state index is 0.474. The molecule has 6 heteroatoms. The summed E-state index contributed by atoms with van der Waals surface area (Å²) in [6.07, 6.45) is 3.82. The molecule has 2 N–H and O–H groups in total. The van der Waals surface area contributed by atoms with Gasteiger partial charge in [0.2, 0.25) is 5.88 Å². The fraction of sp³-hybridized carbons (Fsp3) is 0.429. The van der Waals surface area contributed by atoms with Crippen LogP contribution in [0, 0.1) is 0 Å². The van der Waals surface area contributed by atoms with Crippen LogP contribution < -0.4 is 15.4 Å². The first-order chi connectivity index (χ1) is 13.3. The van der Waals surface area contributed by atoms with Crippen LogP contribution in [0.5, 0.6) is 5.88 Å². The first kappa shape index (κ1) is 20.7. The molecular formula is C21H30N4O2. The van der Waals surface area contributed by atoms with Crippen LogP contribution in [0.4, 0.5) is 0 Å². The van der Waals surface area contributed by atoms with E-state index in [1.807, 2.05) is 18.2 Å². The first-order valence-corrected chi connectivity index (χ1v) is 9.45. The zero-order valence-corrected chi connectivity index (χ0v) is 16.3. The zero-order valence-electron chi connectivity index (χ0n) is 16.3. The van der Waals surface area contributed by atoms with Gasteiger partial charge in [-0.3, -0.25) is 0 Å². The van der Waals surface area contributed by atoms with E-state index in [1.54, 1.807) is 13.3 Å². The highest BCUT2D eigenvalue weighted by Gasteiger charge is 2.05. The molecule has 27 heavy (non-hydrogen) atoms. The van der Waals surface area contributed by atoms with Crippen molar-refractivity contribution in [1.82, 2.24) is 15.6 Å². The maximum Gasteiger partial charge on any atom is 0.218 e. The van der Waals surface area contributed by atoms with Gasteiger partial charge in [0.05, 0.1) is 13.2 Å². The molecule has 0 aliphatic rings. The molecule has 1 aromatic heterocycles. The summed E-state index contributed by atoms with van der Waals surface area (Å²) in [6, 6.07) is 14.4. The Morgan fingerprint density at radius 1 is 1.07 bits per heavy atom. The normalized spacial score (nSPS) is 11.3. The molecule has 1 aromatic carbocycles. The summed E-state index contributed by atoms with van der Waals surface area (Å²) in [4.78, 5) is 8.96. The van der Waals surface area contributed by atoms with Gasteiger partial charge in [0.1, 0.15) is 6.61 Å². The maximum atomic E-state index is 5.67. The molecular weight excluding hydrogens is 340 g/mol. The van der Waals surface area contributed by atoms with Crippen molar-refractivity contribution < 1.29 is 9.47 Å². The van der Waals surface area contributed by atoms with Gasteiger partial charge in [0.25, 0.3) is 0 Å². The lowest BCUT2D eigenvalue weighted by Crippen LogP contribution is -2.37. The summed E-state index contributed by atoms with van der Waals surface area (Å²) < 4.78 is 10.7. The van der Waals surface area contributed by atoms with Gasteiger partial charge in [0, 0.05) is 32.0 Å². The number of benzene rings is 1. The largest absolute Gasteiger partial charge is 0.475 e. The smallest absolute Gasteiger partial charge is 0.218 e. The lowest BCUT2D eigenvalue weighted by Gasteiger charge is -2.12. The molecule has 6 nitrogen and oxygen atoms in total. The molecule has 2 rings (SSSR count). The quantitative estimate of drug-likeness (QED) is 0.362. The van der Waals surface area contributed by atoms with Gasteiger partial charge in [-0.25, -0.2) is 9.98 Å². The summed E-state index contributed by atoms with van der Waals surface area (Å²) in [6.45, 7) is 5.25. The summed E-state index contributed by atoms with van der Waals surface area (Å²) in [7, 11) is 1.65. The Bertz CT molecular complexity index is 677. The van der Waals surface area contributed by atoms with Crippen LogP contribution in [0.2, 0.25) is 0 Å². The summed E-state index contributed by atoms with van der Waals surface area (Å²) in [5.41, 5.74) is 2.31. The number of rotatable bonds is 11. The Labute approximate surface area is 162 Å². The molecule has 0 aliphatic heterocycles. The molecule has 2 aromatic rings. The molecule has 0 aliphatic carbocycles. The van der Waals surface area contributed by atoms with E-state index in [0.717, 1.165) is 37.5 Å². The number of methoxy groups -OCH3 is 1. The molecule has 0 fully saturated rings. The van der Waals surface area contributed by atoms with Crippen LogP contribution in [-0.4, -0.2) is 44.4 Å². The highest BCUT2D eigenvalue weighted by molar-refractivity contribution is 5.79. The molecule has 1 heterocycles. The van der Waals surface area contributed by atoms with Gasteiger partial charge in [-0.15, -0.1) is 0 Å². The Morgan fingerprint density at radius 2 is 1.93 bits per heavy atom. The van der Waals surface area contributed by atoms with Crippen molar-refractivity contribution >= 4 is 5.96 Å². The summed E-state index contributed by atoms with van der Waals surface area (Å²) in [5.74, 6) is 1.41. The van der Waals surface area contributed by atoms with Gasteiger partial charge in [-0.05, 0) is 31.4 Å². The summed E-state index contributed by atoms with van der Waals surface area (Å²) in [5, 5.41) is 6.67. The number of aromatic nitrogens is 1. The minimum absolute atomic E-state index is 0.474. The lowest BCUT2D eigenvalue weighted by molar-refractivity contribution is 0.143. The second-order valence-electron chi connectivity index (χ2n) is 6.02. The number of ether oxygens (including phenoxy) is 2. The van der Waals surface area contributed by atoms with Crippen LogP contribution in [0.25, 0.3) is 0 Å². The van der Waals surface area contributed by atoms with Crippen LogP contribution in [0.15, 0.2) is 53.7 Å². The van der Waals surface area contributed by atoms with Crippen molar-refractivity contribution in [2.24, 2.45) is 4.99 Å². The van der Waals surface area contributed by atoms with E-state index in [4.69, 9.17) is 9.47 Å². The van der Waals surface area contributed by atoms with Crippen molar-refractivity contribution in [3.8, 4) is 5.88 Å². The Balaban J connectivity index is 1.85. The average Bonchev–Trinajstić information content (AvgIpc) is 2.71. The maximum absolute atomic E-state index is 5.67. The average molecular weight is 370 g/mol. The topological polar surface area (TPSA) is 67.8 Å². The Morgan fingerprint density at radius 3 is 2.70 bits per heavy atom. The molecule has 0 unspecified atom stereocenters. The number of guanidine groups is 1. The number of nitrogens with one attached hydrogen (secondary N) is 2. The Kier molecular flexibility index (Phi) is 9.74. The van der Waals surface area contributed by atoms with Crippen molar-refractivity contribution in [3.63, 3.8) is 0 Å². The molecule has 0 saturated heterocycles. The number of pyridine rings is 1. The van der Waals surface area contributed by atoms with E-state index in [0.29, 0.717) is 25.6 Å². The minimum Gasteiger partial charge on any atom is -0.475 e. The van der Waals surface area contributed by atoms with E-state index in [1.165, 1.54) is 5.56 Å². The zero-order chi connectivity index (χ0) is 19.2. The van der Waals surface area contributed by atoms with Crippen molar-refractivity contribution in [1.29, 1.82) is 0 Å². The van der Waals surface area contributed by atoms with Crippen LogP contribution >= 0.6 is 0 Å². The molecule has 0 spiro atoms. The van der Waals surface area contributed by atoms with E-state index >= 15 is 0 Å². The number of hydrogen-bond acceptors (Lipinski definition) is 4. The third-order valence-electron chi connectivity index (χ3n) is 3.91. The molecule has 0 amide bonds. The predicted molar refractivity (Wildman–Crippen MR) is 109 cm³/mol. The van der Waals surface area contributed by atoms with Gasteiger partial charge >= 0.3 is 0 Å². The second-order valence-corrected chi connectivity index (χ2v) is 6.02. The monoisotopic (exact) mass is 370 g/mol. The number of aliphatic imine (C=N–C) groups is 1. The lowest BCUT2D eigenvalue weighted by atomic mass is 10.1. The van der Waals surface area contributed by atoms with E-state index in [9.17, 15) is 0 Å². The van der Waals surface area contributed by atoms with E-state index in [-0.39, 0.29) is 0 Å². The van der Waals surface area contributed by atoms with Gasteiger partial charge < -0.3 is 20.1 Å². The molecule has 0 radical (unpaired) electrons. The van der Waals surface area contributed by atoms with Gasteiger partial charge in [-0.2, -0.15) is 0 Å².